The maximum atomic E-state index is 12.3. The van der Waals surface area contributed by atoms with Crippen LogP contribution in [0.2, 0.25) is 0 Å². The fourth-order valence-corrected chi connectivity index (χ4v) is 2.24. The molecule has 0 radical (unpaired) electrons. The zero-order valence-corrected chi connectivity index (χ0v) is 15.8. The summed E-state index contributed by atoms with van der Waals surface area (Å²) in [5.41, 5.74) is 1.72. The van der Waals surface area contributed by atoms with Gasteiger partial charge in [0.25, 0.3) is 5.91 Å². The van der Waals surface area contributed by atoms with Crippen molar-refractivity contribution >= 4 is 40.7 Å². The Balaban J connectivity index is 2.86. The Labute approximate surface area is 147 Å². The van der Waals surface area contributed by atoms with Crippen molar-refractivity contribution in [2.24, 2.45) is 0 Å². The van der Waals surface area contributed by atoms with Gasteiger partial charge in [0, 0.05) is 11.6 Å². The largest absolute Gasteiger partial charge is 0.333 e. The minimum Gasteiger partial charge on any atom is -0.333 e. The molecule has 0 fully saturated rings. The van der Waals surface area contributed by atoms with E-state index in [2.05, 4.69) is 31.4 Å². The third-order valence-electron chi connectivity index (χ3n) is 3.12. The number of benzene rings is 1. The van der Waals surface area contributed by atoms with Gasteiger partial charge < -0.3 is 5.32 Å². The number of halogens is 3. The first-order chi connectivity index (χ1) is 9.91. The van der Waals surface area contributed by atoms with Crippen LogP contribution in [0.3, 0.4) is 0 Å². The molecule has 0 aliphatic rings. The number of rotatable bonds is 4. The molecule has 1 rings (SSSR count). The van der Waals surface area contributed by atoms with Crippen LogP contribution in [0.15, 0.2) is 24.3 Å². The number of hydrogen-bond acceptors (Lipinski definition) is 2. The van der Waals surface area contributed by atoms with Gasteiger partial charge in [0.2, 0.25) is 3.79 Å². The Morgan fingerprint density at radius 2 is 1.55 bits per heavy atom. The van der Waals surface area contributed by atoms with Gasteiger partial charge in [0.15, 0.2) is 0 Å². The van der Waals surface area contributed by atoms with Gasteiger partial charge in [-0.15, -0.1) is 0 Å². The van der Waals surface area contributed by atoms with Crippen molar-refractivity contribution in [2.45, 2.75) is 56.0 Å². The van der Waals surface area contributed by atoms with Gasteiger partial charge in [0.1, 0.15) is 6.17 Å². The fourth-order valence-electron chi connectivity index (χ4n) is 1.89. The molecule has 1 unspecified atom stereocenters. The summed E-state index contributed by atoms with van der Waals surface area (Å²) in [6.07, 6.45) is -0.771. The Bertz CT molecular complexity index is 502. The second-order valence-electron chi connectivity index (χ2n) is 6.60. The summed E-state index contributed by atoms with van der Waals surface area (Å²) in [4.78, 5) is 12.3. The minimum atomic E-state index is -1.63. The number of carbonyl (C=O) groups excluding carboxylic acids is 1. The van der Waals surface area contributed by atoms with E-state index in [1.165, 1.54) is 0 Å². The molecule has 0 aromatic heterocycles. The summed E-state index contributed by atoms with van der Waals surface area (Å²) in [7, 11) is 0. The summed E-state index contributed by atoms with van der Waals surface area (Å²) < 4.78 is -1.63. The van der Waals surface area contributed by atoms with E-state index in [0.717, 1.165) is 5.56 Å². The van der Waals surface area contributed by atoms with Gasteiger partial charge in [-0.2, -0.15) is 0 Å². The molecule has 0 spiro atoms. The van der Waals surface area contributed by atoms with Crippen LogP contribution in [0.5, 0.6) is 0 Å². The lowest BCUT2D eigenvalue weighted by Crippen LogP contribution is -2.55. The first kappa shape index (κ1) is 19.6. The molecule has 0 saturated heterocycles. The zero-order chi connectivity index (χ0) is 17.1. The van der Waals surface area contributed by atoms with Gasteiger partial charge in [-0.05, 0) is 37.0 Å². The van der Waals surface area contributed by atoms with Crippen molar-refractivity contribution in [3.05, 3.63) is 35.4 Å². The van der Waals surface area contributed by atoms with E-state index in [4.69, 9.17) is 34.8 Å². The quantitative estimate of drug-likeness (QED) is 0.613. The van der Waals surface area contributed by atoms with E-state index >= 15 is 0 Å². The molecule has 0 heterocycles. The molecule has 1 atom stereocenters. The van der Waals surface area contributed by atoms with Crippen LogP contribution in [0.4, 0.5) is 0 Å². The highest BCUT2D eigenvalue weighted by molar-refractivity contribution is 6.68. The molecule has 1 aromatic rings. The minimum absolute atomic E-state index is 0.0360. The summed E-state index contributed by atoms with van der Waals surface area (Å²) in [6, 6.07) is 7.50. The topological polar surface area (TPSA) is 41.1 Å². The Hall–Kier alpha value is -0.480. The lowest BCUT2D eigenvalue weighted by Gasteiger charge is -2.28. The summed E-state index contributed by atoms with van der Waals surface area (Å²) in [5.74, 6) is -0.287. The molecule has 2 N–H and O–H groups in total. The Kier molecular flexibility index (Phi) is 6.58. The van der Waals surface area contributed by atoms with Gasteiger partial charge >= 0.3 is 0 Å². The van der Waals surface area contributed by atoms with Crippen LogP contribution in [0.1, 0.15) is 50.5 Å². The Morgan fingerprint density at radius 3 is 1.91 bits per heavy atom. The average molecular weight is 366 g/mol. The van der Waals surface area contributed by atoms with E-state index in [1.807, 2.05) is 26.0 Å². The standard InChI is InChI=1S/C16H23Cl3N2O/c1-10(2)20-14(16(17,18)19)21-13(22)11-6-8-12(9-7-11)15(3,4)5/h6-10,14,20H,1-5H3,(H,21,22). The van der Waals surface area contributed by atoms with Crippen molar-refractivity contribution in [2.75, 3.05) is 0 Å². The van der Waals surface area contributed by atoms with Gasteiger partial charge in [0.05, 0.1) is 0 Å². The SMILES string of the molecule is CC(C)NC(NC(=O)c1ccc(C(C)(C)C)cc1)C(Cl)(Cl)Cl. The Morgan fingerprint density at radius 1 is 1.05 bits per heavy atom. The van der Waals surface area contributed by atoms with Crippen LogP contribution in [-0.2, 0) is 5.41 Å². The average Bonchev–Trinajstić information content (AvgIpc) is 2.35. The first-order valence-corrected chi connectivity index (χ1v) is 8.29. The number of carbonyl (C=O) groups is 1. The molecule has 0 bridgehead atoms. The van der Waals surface area contributed by atoms with Gasteiger partial charge in [-0.25, -0.2) is 0 Å². The second-order valence-corrected chi connectivity index (χ2v) is 8.97. The second kappa shape index (κ2) is 7.39. The molecular formula is C16H23Cl3N2O. The van der Waals surface area contributed by atoms with Crippen molar-refractivity contribution in [1.82, 2.24) is 10.6 Å². The van der Waals surface area contributed by atoms with Crippen LogP contribution in [-0.4, -0.2) is 21.9 Å². The number of hydrogen-bond donors (Lipinski definition) is 2. The van der Waals surface area contributed by atoms with Crippen molar-refractivity contribution in [3.63, 3.8) is 0 Å². The van der Waals surface area contributed by atoms with E-state index < -0.39 is 9.96 Å². The molecule has 0 saturated carbocycles. The normalized spacial score (nSPS) is 14.0. The molecule has 3 nitrogen and oxygen atoms in total. The molecular weight excluding hydrogens is 343 g/mol. The number of alkyl halides is 3. The van der Waals surface area contributed by atoms with Crippen molar-refractivity contribution in [1.29, 1.82) is 0 Å². The molecule has 0 aliphatic heterocycles. The van der Waals surface area contributed by atoms with Crippen LogP contribution >= 0.6 is 34.8 Å². The third kappa shape index (κ3) is 5.96. The number of nitrogens with one attached hydrogen (secondary N) is 2. The number of amides is 1. The monoisotopic (exact) mass is 364 g/mol. The predicted octanol–water partition coefficient (Wildman–Crippen LogP) is 4.41. The predicted molar refractivity (Wildman–Crippen MR) is 95.0 cm³/mol. The first-order valence-electron chi connectivity index (χ1n) is 7.15. The molecule has 1 aromatic carbocycles. The molecule has 22 heavy (non-hydrogen) atoms. The molecule has 1 amide bonds. The summed E-state index contributed by atoms with van der Waals surface area (Å²) >= 11 is 17.7. The molecule has 6 heteroatoms. The van der Waals surface area contributed by atoms with Crippen LogP contribution in [0.25, 0.3) is 0 Å². The maximum absolute atomic E-state index is 12.3. The van der Waals surface area contributed by atoms with Crippen LogP contribution in [0, 0.1) is 0 Å². The smallest absolute Gasteiger partial charge is 0.252 e. The van der Waals surface area contributed by atoms with E-state index in [1.54, 1.807) is 12.1 Å². The molecule has 0 aliphatic carbocycles. The van der Waals surface area contributed by atoms with Gasteiger partial charge in [-0.3, -0.25) is 10.1 Å². The van der Waals surface area contributed by atoms with E-state index in [0.29, 0.717) is 5.56 Å². The van der Waals surface area contributed by atoms with E-state index in [-0.39, 0.29) is 17.4 Å². The summed E-state index contributed by atoms with van der Waals surface area (Å²) in [6.45, 7) is 10.2. The van der Waals surface area contributed by atoms with E-state index in [9.17, 15) is 4.79 Å². The van der Waals surface area contributed by atoms with Crippen molar-refractivity contribution in [3.8, 4) is 0 Å². The van der Waals surface area contributed by atoms with Gasteiger partial charge in [-0.1, -0.05) is 67.7 Å². The maximum Gasteiger partial charge on any atom is 0.252 e. The fraction of sp³-hybridized carbons (Fsp3) is 0.562. The zero-order valence-electron chi connectivity index (χ0n) is 13.5. The van der Waals surface area contributed by atoms with Crippen molar-refractivity contribution < 1.29 is 4.79 Å². The molecule has 124 valence electrons. The lowest BCUT2D eigenvalue weighted by molar-refractivity contribution is 0.0927. The highest BCUT2D eigenvalue weighted by Gasteiger charge is 2.34. The summed E-state index contributed by atoms with van der Waals surface area (Å²) in [5, 5.41) is 5.75. The lowest BCUT2D eigenvalue weighted by atomic mass is 9.87. The highest BCUT2D eigenvalue weighted by Crippen LogP contribution is 2.29. The highest BCUT2D eigenvalue weighted by atomic mass is 35.6. The third-order valence-corrected chi connectivity index (χ3v) is 3.77. The van der Waals surface area contributed by atoms with Crippen LogP contribution < -0.4 is 10.6 Å².